The van der Waals surface area contributed by atoms with Gasteiger partial charge in [-0.3, -0.25) is 14.4 Å². The second-order valence-corrected chi connectivity index (χ2v) is 8.72. The van der Waals surface area contributed by atoms with E-state index in [1.807, 2.05) is 23.1 Å². The normalized spacial score (nSPS) is 24.7. The molecule has 0 bridgehead atoms. The Labute approximate surface area is 165 Å². The van der Waals surface area contributed by atoms with E-state index in [2.05, 4.69) is 5.32 Å². The van der Waals surface area contributed by atoms with Crippen molar-refractivity contribution in [1.29, 1.82) is 0 Å². The van der Waals surface area contributed by atoms with Crippen LogP contribution in [0.5, 0.6) is 0 Å². The average Bonchev–Trinajstić information content (AvgIpc) is 3.08. The van der Waals surface area contributed by atoms with E-state index >= 15 is 0 Å². The van der Waals surface area contributed by atoms with Crippen molar-refractivity contribution in [3.8, 4) is 0 Å². The molecule has 2 saturated carbocycles. The lowest BCUT2D eigenvalue weighted by Crippen LogP contribution is -2.38. The van der Waals surface area contributed by atoms with Gasteiger partial charge < -0.3 is 15.1 Å². The van der Waals surface area contributed by atoms with E-state index in [4.69, 9.17) is 0 Å². The lowest BCUT2D eigenvalue weighted by atomic mass is 10.1. The van der Waals surface area contributed by atoms with Crippen LogP contribution in [0, 0.1) is 11.8 Å². The molecule has 3 fully saturated rings. The first-order chi connectivity index (χ1) is 13.6. The zero-order valence-corrected chi connectivity index (χ0v) is 16.2. The first-order valence-electron chi connectivity index (χ1n) is 10.6. The van der Waals surface area contributed by atoms with Crippen LogP contribution in [-0.2, 0) is 20.8 Å². The smallest absolute Gasteiger partial charge is 0.230 e. The fourth-order valence-corrected chi connectivity index (χ4v) is 4.86. The standard InChI is InChI=1S/C22H27N3O3/c26-20-12-16(21(27)23-17-3-1-2-4-17)13-25(20)18-7-8-19-15(11-18)9-10-24(19)22(28)14-5-6-14/h7-8,11,14,16-17H,1-6,9-10,12-13H2,(H,23,27)/t16-/m0/s1. The van der Waals surface area contributed by atoms with Crippen LogP contribution in [0.2, 0.25) is 0 Å². The minimum atomic E-state index is -0.269. The zero-order chi connectivity index (χ0) is 19.3. The van der Waals surface area contributed by atoms with Gasteiger partial charge in [-0.25, -0.2) is 0 Å². The molecular weight excluding hydrogens is 354 g/mol. The third-order valence-corrected chi connectivity index (χ3v) is 6.66. The summed E-state index contributed by atoms with van der Waals surface area (Å²) < 4.78 is 0. The highest BCUT2D eigenvalue weighted by atomic mass is 16.2. The summed E-state index contributed by atoms with van der Waals surface area (Å²) in [4.78, 5) is 41.2. The van der Waals surface area contributed by atoms with Gasteiger partial charge in [0.15, 0.2) is 0 Å². The summed E-state index contributed by atoms with van der Waals surface area (Å²) in [7, 11) is 0. The van der Waals surface area contributed by atoms with Crippen molar-refractivity contribution in [2.45, 2.75) is 57.4 Å². The van der Waals surface area contributed by atoms with Gasteiger partial charge in [-0.05, 0) is 55.9 Å². The third-order valence-electron chi connectivity index (χ3n) is 6.66. The first-order valence-corrected chi connectivity index (χ1v) is 10.6. The molecule has 0 aromatic heterocycles. The molecule has 5 rings (SSSR count). The van der Waals surface area contributed by atoms with Crippen LogP contribution < -0.4 is 15.1 Å². The molecule has 148 valence electrons. The second-order valence-electron chi connectivity index (χ2n) is 8.72. The molecule has 1 saturated heterocycles. The van der Waals surface area contributed by atoms with Gasteiger partial charge in [0, 0.05) is 42.8 Å². The summed E-state index contributed by atoms with van der Waals surface area (Å²) in [6, 6.07) is 6.21. The van der Waals surface area contributed by atoms with Gasteiger partial charge >= 0.3 is 0 Å². The van der Waals surface area contributed by atoms with E-state index in [1.54, 1.807) is 4.90 Å². The molecule has 0 radical (unpaired) electrons. The number of amides is 3. The van der Waals surface area contributed by atoms with Crippen molar-refractivity contribution < 1.29 is 14.4 Å². The first kappa shape index (κ1) is 17.7. The maximum atomic E-state index is 12.6. The minimum Gasteiger partial charge on any atom is -0.353 e. The molecule has 2 aliphatic heterocycles. The van der Waals surface area contributed by atoms with Crippen LogP contribution in [-0.4, -0.2) is 36.9 Å². The Morgan fingerprint density at radius 2 is 1.82 bits per heavy atom. The maximum Gasteiger partial charge on any atom is 0.230 e. The van der Waals surface area contributed by atoms with Crippen LogP contribution in [0.25, 0.3) is 0 Å². The topological polar surface area (TPSA) is 69.7 Å². The van der Waals surface area contributed by atoms with Crippen molar-refractivity contribution in [2.75, 3.05) is 22.9 Å². The Morgan fingerprint density at radius 3 is 2.57 bits per heavy atom. The summed E-state index contributed by atoms with van der Waals surface area (Å²) in [6.07, 6.45) is 7.59. The average molecular weight is 381 g/mol. The Morgan fingerprint density at radius 1 is 1.04 bits per heavy atom. The van der Waals surface area contributed by atoms with Crippen molar-refractivity contribution in [3.05, 3.63) is 23.8 Å². The van der Waals surface area contributed by atoms with Gasteiger partial charge in [-0.1, -0.05) is 12.8 Å². The van der Waals surface area contributed by atoms with Crippen molar-refractivity contribution in [1.82, 2.24) is 5.32 Å². The van der Waals surface area contributed by atoms with Crippen LogP contribution in [0.3, 0.4) is 0 Å². The minimum absolute atomic E-state index is 0.00966. The predicted molar refractivity (Wildman–Crippen MR) is 106 cm³/mol. The SMILES string of the molecule is O=C(NC1CCCC1)[C@H]1CC(=O)N(c2ccc3c(c2)CCN3C(=O)C2CC2)C1. The predicted octanol–water partition coefficient (Wildman–Crippen LogP) is 2.40. The van der Waals surface area contributed by atoms with Gasteiger partial charge in [0.25, 0.3) is 0 Å². The number of anilines is 2. The molecule has 6 heteroatoms. The maximum absolute atomic E-state index is 12.6. The number of carbonyl (C=O) groups is 3. The number of nitrogens with one attached hydrogen (secondary N) is 1. The Hall–Kier alpha value is -2.37. The zero-order valence-electron chi connectivity index (χ0n) is 16.2. The van der Waals surface area contributed by atoms with E-state index in [0.29, 0.717) is 6.54 Å². The highest BCUT2D eigenvalue weighted by molar-refractivity contribution is 6.02. The number of carbonyl (C=O) groups excluding carboxylic acids is 3. The fourth-order valence-electron chi connectivity index (χ4n) is 4.86. The molecule has 4 aliphatic rings. The molecule has 28 heavy (non-hydrogen) atoms. The number of benzene rings is 1. The van der Waals surface area contributed by atoms with E-state index in [0.717, 1.165) is 55.6 Å². The molecule has 2 heterocycles. The number of hydrogen-bond acceptors (Lipinski definition) is 3. The fraction of sp³-hybridized carbons (Fsp3) is 0.591. The monoisotopic (exact) mass is 381 g/mol. The van der Waals surface area contributed by atoms with Gasteiger partial charge in [0.1, 0.15) is 0 Å². The van der Waals surface area contributed by atoms with E-state index in [-0.39, 0.29) is 42.0 Å². The van der Waals surface area contributed by atoms with Crippen LogP contribution in [0.1, 0.15) is 50.5 Å². The molecular formula is C22H27N3O3. The quantitative estimate of drug-likeness (QED) is 0.871. The van der Waals surface area contributed by atoms with Gasteiger partial charge in [-0.15, -0.1) is 0 Å². The number of fused-ring (bicyclic) bond motifs is 1. The second kappa shape index (κ2) is 6.90. The Kier molecular flexibility index (Phi) is 4.37. The largest absolute Gasteiger partial charge is 0.353 e. The van der Waals surface area contributed by atoms with Crippen molar-refractivity contribution in [2.24, 2.45) is 11.8 Å². The van der Waals surface area contributed by atoms with Crippen LogP contribution in [0.4, 0.5) is 11.4 Å². The molecule has 0 unspecified atom stereocenters. The molecule has 1 atom stereocenters. The van der Waals surface area contributed by atoms with E-state index in [9.17, 15) is 14.4 Å². The summed E-state index contributed by atoms with van der Waals surface area (Å²) in [5.41, 5.74) is 2.96. The molecule has 3 amide bonds. The highest BCUT2D eigenvalue weighted by Gasteiger charge is 2.38. The van der Waals surface area contributed by atoms with Gasteiger partial charge in [0.2, 0.25) is 17.7 Å². The molecule has 6 nitrogen and oxygen atoms in total. The van der Waals surface area contributed by atoms with Crippen molar-refractivity contribution in [3.63, 3.8) is 0 Å². The lowest BCUT2D eigenvalue weighted by molar-refractivity contribution is -0.126. The summed E-state index contributed by atoms with van der Waals surface area (Å²) in [5, 5.41) is 3.13. The summed E-state index contributed by atoms with van der Waals surface area (Å²) in [5.74, 6) is 0.215. The van der Waals surface area contributed by atoms with Crippen molar-refractivity contribution >= 4 is 29.1 Å². The van der Waals surface area contributed by atoms with Crippen LogP contribution >= 0.6 is 0 Å². The third kappa shape index (κ3) is 3.19. The summed E-state index contributed by atoms with van der Waals surface area (Å²) >= 11 is 0. The van der Waals surface area contributed by atoms with Gasteiger partial charge in [0.05, 0.1) is 5.92 Å². The lowest BCUT2D eigenvalue weighted by Gasteiger charge is -2.20. The molecule has 1 aromatic rings. The number of nitrogens with zero attached hydrogens (tertiary/aromatic N) is 2. The number of hydrogen-bond donors (Lipinski definition) is 1. The molecule has 1 N–H and O–H groups in total. The highest BCUT2D eigenvalue weighted by Crippen LogP contribution is 2.38. The van der Waals surface area contributed by atoms with Gasteiger partial charge in [-0.2, -0.15) is 0 Å². The number of rotatable bonds is 4. The Balaban J connectivity index is 1.28. The molecule has 0 spiro atoms. The summed E-state index contributed by atoms with van der Waals surface area (Å²) in [6.45, 7) is 1.18. The Bertz CT molecular complexity index is 826. The van der Waals surface area contributed by atoms with E-state index in [1.165, 1.54) is 12.8 Å². The van der Waals surface area contributed by atoms with Crippen LogP contribution in [0.15, 0.2) is 18.2 Å². The molecule has 2 aliphatic carbocycles. The molecule has 1 aromatic carbocycles. The van der Waals surface area contributed by atoms with E-state index < -0.39 is 0 Å².